The van der Waals surface area contributed by atoms with Crippen molar-refractivity contribution >= 4 is 29.3 Å². The largest absolute Gasteiger partial charge is 0.364 e. The summed E-state index contributed by atoms with van der Waals surface area (Å²) >= 11 is 0. The van der Waals surface area contributed by atoms with E-state index in [1.165, 1.54) is 11.1 Å². The van der Waals surface area contributed by atoms with Crippen LogP contribution in [-0.4, -0.2) is 94.7 Å². The smallest absolute Gasteiger partial charge is 0.245 e. The number of amides is 4. The Bertz CT molecular complexity index is 1460. The summed E-state index contributed by atoms with van der Waals surface area (Å²) in [6.07, 6.45) is 1.77. The number of carbonyl (C=O) groups is 4. The second-order valence-corrected chi connectivity index (χ2v) is 13.2. The molecule has 6 aliphatic rings. The molecule has 5 aliphatic heterocycles. The van der Waals surface area contributed by atoms with Crippen LogP contribution in [0.25, 0.3) is 11.1 Å². The minimum absolute atomic E-state index is 0.000813. The fourth-order valence-electron chi connectivity index (χ4n) is 8.81. The second-order valence-electron chi connectivity index (χ2n) is 13.2. The minimum Gasteiger partial charge on any atom is -0.364 e. The number of hydrogen-bond donors (Lipinski definition) is 1. The van der Waals surface area contributed by atoms with Crippen molar-refractivity contribution in [1.29, 1.82) is 0 Å². The summed E-state index contributed by atoms with van der Waals surface area (Å²) in [6.45, 7) is 4.64. The number of rotatable bonds is 1. The Kier molecular flexibility index (Phi) is 4.46. The van der Waals surface area contributed by atoms with Gasteiger partial charge in [-0.2, -0.15) is 0 Å². The van der Waals surface area contributed by atoms with Gasteiger partial charge in [0.15, 0.2) is 0 Å². The molecule has 0 radical (unpaired) electrons. The zero-order valence-corrected chi connectivity index (χ0v) is 23.2. The summed E-state index contributed by atoms with van der Waals surface area (Å²) in [7, 11) is 3.42. The number of carbonyl (C=O) groups excluding carboxylic acids is 4. The number of fused-ring (bicyclic) bond motifs is 10. The standard InChI is InChI=1S/C31H33N5O4/c1-30-12-22-27(39)33(3)14-25(37)35(22)24(30)11-18-6-5-16(9-19(18)30)17-7-8-21-20(10-17)31(2)13-23-28(40)34(4)15-26(38)36(23)29(31)32-21/h5-10,22-24,29,32H,11-15H2,1-4H3/t22-,23-,24-,29+,30+,31+/m0/s1. The number of piperazine rings is 2. The van der Waals surface area contributed by atoms with E-state index in [0.717, 1.165) is 28.8 Å². The molecular weight excluding hydrogens is 506 g/mol. The highest BCUT2D eigenvalue weighted by molar-refractivity contribution is 5.97. The van der Waals surface area contributed by atoms with Crippen molar-refractivity contribution < 1.29 is 19.2 Å². The number of hydrogen-bond acceptors (Lipinski definition) is 5. The number of benzene rings is 2. The summed E-state index contributed by atoms with van der Waals surface area (Å²) in [5.74, 6) is 0.0719. The van der Waals surface area contributed by atoms with E-state index in [2.05, 4.69) is 55.6 Å². The fraction of sp³-hybridized carbons (Fsp3) is 0.484. The van der Waals surface area contributed by atoms with Gasteiger partial charge in [0.05, 0.1) is 13.1 Å². The van der Waals surface area contributed by atoms with Crippen LogP contribution in [0.4, 0.5) is 5.69 Å². The van der Waals surface area contributed by atoms with Crippen LogP contribution in [0.15, 0.2) is 36.4 Å². The summed E-state index contributed by atoms with van der Waals surface area (Å²) in [4.78, 5) is 58.7. The van der Waals surface area contributed by atoms with Crippen molar-refractivity contribution in [1.82, 2.24) is 19.6 Å². The van der Waals surface area contributed by atoms with Crippen molar-refractivity contribution in [2.45, 2.75) is 68.2 Å². The average Bonchev–Trinajstić information content (AvgIpc) is 3.57. The lowest BCUT2D eigenvalue weighted by Crippen LogP contribution is -2.59. The van der Waals surface area contributed by atoms with Crippen LogP contribution in [0, 0.1) is 0 Å². The van der Waals surface area contributed by atoms with Crippen molar-refractivity contribution in [3.05, 3.63) is 53.1 Å². The van der Waals surface area contributed by atoms with Crippen molar-refractivity contribution in [2.24, 2.45) is 0 Å². The quantitative estimate of drug-likeness (QED) is 0.596. The Balaban J connectivity index is 1.15. The minimum atomic E-state index is -0.437. The van der Waals surface area contributed by atoms with E-state index in [0.29, 0.717) is 12.8 Å². The SMILES string of the molecule is CN1CC(=O)N2[C@H]3Cc4ccc(-c5ccc6c(c5)[C@@]5(C)C[C@H]7C(=O)N(C)CC(=O)N7[C@H]5N6)cc4[C@@]3(C)C[C@H]2C1=O. The monoisotopic (exact) mass is 539 g/mol. The molecule has 206 valence electrons. The van der Waals surface area contributed by atoms with E-state index in [-0.39, 0.29) is 65.8 Å². The molecule has 2 aromatic carbocycles. The fourth-order valence-corrected chi connectivity index (χ4v) is 8.81. The predicted molar refractivity (Wildman–Crippen MR) is 147 cm³/mol. The van der Waals surface area contributed by atoms with Gasteiger partial charge in [-0.3, -0.25) is 19.2 Å². The molecule has 1 N–H and O–H groups in total. The molecular formula is C31H33N5O4. The van der Waals surface area contributed by atoms with E-state index >= 15 is 0 Å². The Morgan fingerprint density at radius 3 is 2.02 bits per heavy atom. The van der Waals surface area contributed by atoms with E-state index < -0.39 is 6.04 Å². The molecule has 0 spiro atoms. The highest BCUT2D eigenvalue weighted by Gasteiger charge is 2.61. The lowest BCUT2D eigenvalue weighted by Gasteiger charge is -2.37. The van der Waals surface area contributed by atoms with Gasteiger partial charge in [0.1, 0.15) is 18.2 Å². The molecule has 0 unspecified atom stereocenters. The van der Waals surface area contributed by atoms with Gasteiger partial charge in [-0.25, -0.2) is 0 Å². The average molecular weight is 540 g/mol. The lowest BCUT2D eigenvalue weighted by molar-refractivity contribution is -0.154. The molecule has 4 amide bonds. The first-order valence-corrected chi connectivity index (χ1v) is 14.2. The Labute approximate surface area is 233 Å². The summed E-state index contributed by atoms with van der Waals surface area (Å²) in [5.41, 5.74) is 6.15. The third kappa shape index (κ3) is 2.78. The third-order valence-electron chi connectivity index (χ3n) is 10.9. The van der Waals surface area contributed by atoms with Gasteiger partial charge in [-0.15, -0.1) is 0 Å². The van der Waals surface area contributed by atoms with Crippen LogP contribution in [0.3, 0.4) is 0 Å². The van der Waals surface area contributed by atoms with E-state index in [1.807, 2.05) is 4.90 Å². The van der Waals surface area contributed by atoms with Crippen LogP contribution in [0.1, 0.15) is 43.4 Å². The molecule has 5 heterocycles. The van der Waals surface area contributed by atoms with Crippen molar-refractivity contribution in [3.8, 4) is 11.1 Å². The predicted octanol–water partition coefficient (Wildman–Crippen LogP) is 1.69. The lowest BCUT2D eigenvalue weighted by atomic mass is 9.77. The van der Waals surface area contributed by atoms with Gasteiger partial charge in [0.25, 0.3) is 0 Å². The van der Waals surface area contributed by atoms with Crippen LogP contribution in [-0.2, 0) is 36.4 Å². The highest BCUT2D eigenvalue weighted by Crippen LogP contribution is 2.54. The zero-order valence-electron chi connectivity index (χ0n) is 23.2. The number of likely N-dealkylation sites (N-methyl/N-ethyl adjacent to an activating group) is 2. The molecule has 8 rings (SSSR count). The van der Waals surface area contributed by atoms with Crippen LogP contribution >= 0.6 is 0 Å². The number of nitrogens with one attached hydrogen (secondary N) is 1. The molecule has 40 heavy (non-hydrogen) atoms. The summed E-state index contributed by atoms with van der Waals surface area (Å²) < 4.78 is 0. The molecule has 6 atom stereocenters. The maximum atomic E-state index is 13.0. The molecule has 2 aromatic rings. The molecule has 0 aromatic heterocycles. The van der Waals surface area contributed by atoms with Crippen LogP contribution in [0.5, 0.6) is 0 Å². The number of anilines is 1. The number of nitrogens with zero attached hydrogens (tertiary/aromatic N) is 4. The van der Waals surface area contributed by atoms with E-state index in [4.69, 9.17) is 0 Å². The molecule has 9 nitrogen and oxygen atoms in total. The van der Waals surface area contributed by atoms with Gasteiger partial charge in [-0.05, 0) is 59.2 Å². The van der Waals surface area contributed by atoms with Gasteiger partial charge < -0.3 is 24.9 Å². The van der Waals surface area contributed by atoms with Crippen LogP contribution < -0.4 is 5.32 Å². The highest BCUT2D eigenvalue weighted by atomic mass is 16.2. The topological polar surface area (TPSA) is 93.3 Å². The maximum Gasteiger partial charge on any atom is 0.245 e. The van der Waals surface area contributed by atoms with Crippen LogP contribution in [0.2, 0.25) is 0 Å². The summed E-state index contributed by atoms with van der Waals surface area (Å²) in [5, 5.41) is 3.56. The summed E-state index contributed by atoms with van der Waals surface area (Å²) in [6, 6.07) is 12.2. The Morgan fingerprint density at radius 2 is 1.32 bits per heavy atom. The molecule has 4 saturated heterocycles. The first-order chi connectivity index (χ1) is 19.0. The maximum absolute atomic E-state index is 13.0. The van der Waals surface area contributed by atoms with Gasteiger partial charge in [0.2, 0.25) is 23.6 Å². The molecule has 0 saturated carbocycles. The normalized spacial score (nSPS) is 35.4. The van der Waals surface area contributed by atoms with E-state index in [9.17, 15) is 19.2 Å². The van der Waals surface area contributed by atoms with Gasteiger partial charge >= 0.3 is 0 Å². The van der Waals surface area contributed by atoms with E-state index in [1.54, 1.807) is 28.8 Å². The van der Waals surface area contributed by atoms with Crippen molar-refractivity contribution in [2.75, 3.05) is 32.5 Å². The molecule has 0 bridgehead atoms. The Hall–Kier alpha value is -3.88. The Morgan fingerprint density at radius 1 is 0.750 bits per heavy atom. The first-order valence-electron chi connectivity index (χ1n) is 14.2. The molecule has 1 aliphatic carbocycles. The zero-order chi connectivity index (χ0) is 27.9. The molecule has 4 fully saturated rings. The third-order valence-corrected chi connectivity index (χ3v) is 10.9. The van der Waals surface area contributed by atoms with Gasteiger partial charge in [0, 0.05) is 36.7 Å². The van der Waals surface area contributed by atoms with Crippen molar-refractivity contribution in [3.63, 3.8) is 0 Å². The first kappa shape index (κ1) is 24.0. The second kappa shape index (κ2) is 7.44. The van der Waals surface area contributed by atoms with Gasteiger partial charge in [-0.1, -0.05) is 38.1 Å². The molecule has 9 heteroatoms.